The SMILES string of the molecule is COc1cc(CN([C@@H]2CCCC[C@H]2C)S(=O)(=O)c2ccc(C)cc2)cc(I)c1OC(C)C. The first-order valence-electron chi connectivity index (χ1n) is 11.2. The summed E-state index contributed by atoms with van der Waals surface area (Å²) in [7, 11) is -2.03. The van der Waals surface area contributed by atoms with E-state index in [9.17, 15) is 8.42 Å². The summed E-state index contributed by atoms with van der Waals surface area (Å²) in [6.45, 7) is 8.39. The minimum atomic E-state index is -3.65. The molecule has 0 N–H and O–H groups in total. The summed E-state index contributed by atoms with van der Waals surface area (Å²) in [5.74, 6) is 1.64. The van der Waals surface area contributed by atoms with E-state index in [0.29, 0.717) is 28.9 Å². The minimum Gasteiger partial charge on any atom is -0.493 e. The average Bonchev–Trinajstić information content (AvgIpc) is 2.74. The Kier molecular flexibility index (Phi) is 8.49. The molecule has 5 nitrogen and oxygen atoms in total. The summed E-state index contributed by atoms with van der Waals surface area (Å²) < 4.78 is 41.8. The molecule has 2 aromatic rings. The number of nitrogens with zero attached hydrogens (tertiary/aromatic N) is 1. The van der Waals surface area contributed by atoms with Crippen LogP contribution in [0.4, 0.5) is 0 Å². The van der Waals surface area contributed by atoms with Crippen LogP contribution >= 0.6 is 22.6 Å². The van der Waals surface area contributed by atoms with Gasteiger partial charge >= 0.3 is 0 Å². The number of ether oxygens (including phenoxy) is 2. The summed E-state index contributed by atoms with van der Waals surface area (Å²) in [6.07, 6.45) is 4.16. The molecule has 7 heteroatoms. The predicted molar refractivity (Wildman–Crippen MR) is 137 cm³/mol. The Labute approximate surface area is 206 Å². The van der Waals surface area contributed by atoms with Gasteiger partial charge in [-0.2, -0.15) is 4.31 Å². The molecule has 0 heterocycles. The van der Waals surface area contributed by atoms with Crippen molar-refractivity contribution in [2.24, 2.45) is 5.92 Å². The lowest BCUT2D eigenvalue weighted by molar-refractivity contribution is 0.185. The number of benzene rings is 2. The molecule has 0 saturated heterocycles. The zero-order valence-corrected chi connectivity index (χ0v) is 22.6. The summed E-state index contributed by atoms with van der Waals surface area (Å²) >= 11 is 2.24. The third-order valence-corrected chi connectivity index (χ3v) is 8.73. The Bertz CT molecular complexity index is 1020. The van der Waals surface area contributed by atoms with E-state index in [2.05, 4.69) is 29.5 Å². The van der Waals surface area contributed by atoms with Crippen LogP contribution in [0.25, 0.3) is 0 Å². The van der Waals surface area contributed by atoms with Crippen molar-refractivity contribution in [2.45, 2.75) is 77.0 Å². The van der Waals surface area contributed by atoms with Crippen LogP contribution in [0.5, 0.6) is 11.5 Å². The normalized spacial score (nSPS) is 19.4. The van der Waals surface area contributed by atoms with E-state index in [-0.39, 0.29) is 12.1 Å². The number of methoxy groups -OCH3 is 1. The molecule has 0 amide bonds. The highest BCUT2D eigenvalue weighted by atomic mass is 127. The van der Waals surface area contributed by atoms with Crippen molar-refractivity contribution in [1.82, 2.24) is 4.31 Å². The molecule has 0 radical (unpaired) electrons. The van der Waals surface area contributed by atoms with E-state index in [1.54, 1.807) is 23.5 Å². The quantitative estimate of drug-likeness (QED) is 0.356. The first kappa shape index (κ1) is 25.3. The molecule has 176 valence electrons. The predicted octanol–water partition coefficient (Wildman–Crippen LogP) is 6.17. The van der Waals surface area contributed by atoms with Crippen LogP contribution < -0.4 is 9.47 Å². The van der Waals surface area contributed by atoms with Crippen LogP contribution in [0.2, 0.25) is 0 Å². The molecular formula is C25H34INO4S. The fourth-order valence-corrected chi connectivity index (χ4v) is 6.88. The van der Waals surface area contributed by atoms with E-state index in [4.69, 9.17) is 9.47 Å². The number of hydrogen-bond donors (Lipinski definition) is 0. The molecule has 1 aliphatic rings. The molecular weight excluding hydrogens is 537 g/mol. The van der Waals surface area contributed by atoms with Gasteiger partial charge in [-0.25, -0.2) is 8.42 Å². The zero-order chi connectivity index (χ0) is 23.5. The Hall–Kier alpha value is -1.32. The van der Waals surface area contributed by atoms with Crippen LogP contribution in [-0.2, 0) is 16.6 Å². The smallest absolute Gasteiger partial charge is 0.243 e. The molecule has 0 aromatic heterocycles. The van der Waals surface area contributed by atoms with Crippen LogP contribution in [0, 0.1) is 16.4 Å². The first-order chi connectivity index (χ1) is 15.1. The van der Waals surface area contributed by atoms with Gasteiger partial charge in [-0.15, -0.1) is 0 Å². The molecule has 2 aromatic carbocycles. The lowest BCUT2D eigenvalue weighted by Gasteiger charge is -2.38. The number of halogens is 1. The summed E-state index contributed by atoms with van der Waals surface area (Å²) in [5.41, 5.74) is 1.94. The van der Waals surface area contributed by atoms with Crippen molar-refractivity contribution in [3.8, 4) is 11.5 Å². The van der Waals surface area contributed by atoms with Gasteiger partial charge in [-0.3, -0.25) is 0 Å². The third-order valence-electron chi connectivity index (χ3n) is 6.04. The second kappa shape index (κ2) is 10.7. The van der Waals surface area contributed by atoms with Gasteiger partial charge in [0, 0.05) is 12.6 Å². The van der Waals surface area contributed by atoms with Gasteiger partial charge in [0.2, 0.25) is 10.0 Å². The van der Waals surface area contributed by atoms with Crippen molar-refractivity contribution < 1.29 is 17.9 Å². The van der Waals surface area contributed by atoms with Gasteiger partial charge in [0.15, 0.2) is 11.5 Å². The van der Waals surface area contributed by atoms with Crippen molar-refractivity contribution in [3.63, 3.8) is 0 Å². The van der Waals surface area contributed by atoms with Crippen LogP contribution in [-0.4, -0.2) is 32.0 Å². The molecule has 1 aliphatic carbocycles. The van der Waals surface area contributed by atoms with Crippen molar-refractivity contribution in [3.05, 3.63) is 51.1 Å². The van der Waals surface area contributed by atoms with Gasteiger partial charge in [0.25, 0.3) is 0 Å². The topological polar surface area (TPSA) is 55.8 Å². The fraction of sp³-hybridized carbons (Fsp3) is 0.520. The lowest BCUT2D eigenvalue weighted by atomic mass is 9.86. The largest absolute Gasteiger partial charge is 0.493 e. The molecule has 0 unspecified atom stereocenters. The average molecular weight is 572 g/mol. The van der Waals surface area contributed by atoms with E-state index < -0.39 is 10.0 Å². The maximum Gasteiger partial charge on any atom is 0.243 e. The van der Waals surface area contributed by atoms with Crippen LogP contribution in [0.3, 0.4) is 0 Å². The van der Waals surface area contributed by atoms with Gasteiger partial charge in [0.05, 0.1) is 21.7 Å². The zero-order valence-electron chi connectivity index (χ0n) is 19.6. The number of sulfonamides is 1. The Morgan fingerprint density at radius 3 is 2.38 bits per heavy atom. The van der Waals surface area contributed by atoms with E-state index in [1.807, 2.05) is 45.0 Å². The molecule has 1 saturated carbocycles. The molecule has 0 aliphatic heterocycles. The highest BCUT2D eigenvalue weighted by molar-refractivity contribution is 14.1. The number of aryl methyl sites for hydroxylation is 1. The van der Waals surface area contributed by atoms with Gasteiger partial charge in [-0.05, 0) is 92.0 Å². The maximum atomic E-state index is 13.8. The van der Waals surface area contributed by atoms with Crippen LogP contribution in [0.15, 0.2) is 41.3 Å². The fourth-order valence-electron chi connectivity index (χ4n) is 4.35. The second-order valence-electron chi connectivity index (χ2n) is 8.97. The second-order valence-corrected chi connectivity index (χ2v) is 12.0. The van der Waals surface area contributed by atoms with Gasteiger partial charge in [-0.1, -0.05) is 37.5 Å². The molecule has 2 atom stereocenters. The first-order valence-corrected chi connectivity index (χ1v) is 13.8. The Morgan fingerprint density at radius 2 is 1.78 bits per heavy atom. The molecule has 0 spiro atoms. The monoisotopic (exact) mass is 571 g/mol. The summed E-state index contributed by atoms with van der Waals surface area (Å²) in [5, 5.41) is 0. The number of rotatable bonds is 8. The highest BCUT2D eigenvalue weighted by Crippen LogP contribution is 2.37. The summed E-state index contributed by atoms with van der Waals surface area (Å²) in [6, 6.07) is 11.0. The number of hydrogen-bond acceptors (Lipinski definition) is 4. The third kappa shape index (κ3) is 5.78. The standard InChI is InChI=1S/C25H34INO4S/c1-17(2)31-25-22(26)14-20(15-24(25)30-5)16-27(23-9-7-6-8-19(23)4)32(28,29)21-12-10-18(3)11-13-21/h10-15,17,19,23H,6-9,16H2,1-5H3/t19-,23-/m1/s1. The highest BCUT2D eigenvalue weighted by Gasteiger charge is 2.36. The lowest BCUT2D eigenvalue weighted by Crippen LogP contribution is -2.44. The van der Waals surface area contributed by atoms with Gasteiger partial charge in [0.1, 0.15) is 0 Å². The minimum absolute atomic E-state index is 0.0183. The van der Waals surface area contributed by atoms with Gasteiger partial charge < -0.3 is 9.47 Å². The van der Waals surface area contributed by atoms with E-state index in [1.165, 1.54) is 0 Å². The molecule has 3 rings (SSSR count). The Morgan fingerprint density at radius 1 is 1.12 bits per heavy atom. The van der Waals surface area contributed by atoms with Crippen molar-refractivity contribution >= 4 is 32.6 Å². The van der Waals surface area contributed by atoms with Crippen molar-refractivity contribution in [2.75, 3.05) is 7.11 Å². The van der Waals surface area contributed by atoms with E-state index >= 15 is 0 Å². The van der Waals surface area contributed by atoms with Crippen molar-refractivity contribution in [1.29, 1.82) is 0 Å². The maximum absolute atomic E-state index is 13.8. The van der Waals surface area contributed by atoms with E-state index in [0.717, 1.165) is 40.4 Å². The molecule has 32 heavy (non-hydrogen) atoms. The molecule has 0 bridgehead atoms. The Balaban J connectivity index is 2.03. The molecule has 1 fully saturated rings. The van der Waals surface area contributed by atoms with Crippen LogP contribution in [0.1, 0.15) is 57.6 Å². The summed E-state index contributed by atoms with van der Waals surface area (Å²) in [4.78, 5) is 0.349.